The third kappa shape index (κ3) is 1.78. The minimum Gasteiger partial charge on any atom is -0.466 e. The minimum atomic E-state index is -1.32. The van der Waals surface area contributed by atoms with Gasteiger partial charge in [0.25, 0.3) is 0 Å². The molecular formula is C21H24N2O4. The predicted octanol–water partition coefficient (Wildman–Crippen LogP) is 1.20. The van der Waals surface area contributed by atoms with Crippen molar-refractivity contribution < 1.29 is 19.4 Å². The maximum atomic E-state index is 12.7. The molecule has 4 unspecified atom stereocenters. The molecule has 142 valence electrons. The molecule has 5 aliphatic rings. The van der Waals surface area contributed by atoms with Crippen molar-refractivity contribution >= 4 is 11.8 Å². The summed E-state index contributed by atoms with van der Waals surface area (Å²) in [5.41, 5.74) is -0.429. The Bertz CT molecular complexity index is 885. The Morgan fingerprint density at radius 2 is 2.26 bits per heavy atom. The average Bonchev–Trinajstić information content (AvgIpc) is 3.19. The Morgan fingerprint density at radius 3 is 3.00 bits per heavy atom. The first-order valence-electron chi connectivity index (χ1n) is 9.60. The number of carbonyl (C=O) groups is 2. The summed E-state index contributed by atoms with van der Waals surface area (Å²) in [5.74, 6) is -0.517. The minimum absolute atomic E-state index is 0.0599. The molecule has 0 bridgehead atoms. The standard InChI is InChI=1S/C21H24N2O4/c1-3-19-6-4-9-23-10-8-20(18(19)23)16(14(12-19)17(25)27-2)22-15-11-13(24)5-7-21(15,20)26/h4-7,11,18,22,26H,3,8-10,12H2,1-2H3. The average molecular weight is 368 g/mol. The summed E-state index contributed by atoms with van der Waals surface area (Å²) >= 11 is 0. The number of ether oxygens (including phenoxy) is 1. The van der Waals surface area contributed by atoms with Crippen LogP contribution in [-0.4, -0.2) is 53.6 Å². The van der Waals surface area contributed by atoms with Crippen molar-refractivity contribution in [2.45, 2.75) is 37.8 Å². The fraction of sp³-hybridized carbons (Fsp3) is 0.524. The number of nitrogens with zero attached hydrogens (tertiary/aromatic N) is 1. The molecular weight excluding hydrogens is 344 g/mol. The van der Waals surface area contributed by atoms with Crippen LogP contribution in [0.25, 0.3) is 0 Å². The Labute approximate surface area is 158 Å². The van der Waals surface area contributed by atoms with E-state index in [0.717, 1.165) is 31.6 Å². The molecule has 0 saturated carbocycles. The number of nitrogens with one attached hydrogen (secondary N) is 1. The number of methoxy groups -OCH3 is 1. The summed E-state index contributed by atoms with van der Waals surface area (Å²) < 4.78 is 5.12. The molecule has 6 heteroatoms. The summed E-state index contributed by atoms with van der Waals surface area (Å²) in [6, 6.07) is 0.0599. The zero-order valence-electron chi connectivity index (χ0n) is 15.6. The molecule has 2 saturated heterocycles. The lowest BCUT2D eigenvalue weighted by Gasteiger charge is -2.56. The zero-order valence-corrected chi connectivity index (χ0v) is 15.6. The molecule has 2 fully saturated rings. The van der Waals surface area contributed by atoms with Crippen molar-refractivity contribution in [2.75, 3.05) is 20.2 Å². The Balaban J connectivity index is 1.84. The largest absolute Gasteiger partial charge is 0.466 e. The quantitative estimate of drug-likeness (QED) is 0.563. The van der Waals surface area contributed by atoms with Gasteiger partial charge in [-0.3, -0.25) is 9.69 Å². The van der Waals surface area contributed by atoms with Crippen LogP contribution in [0.1, 0.15) is 26.2 Å². The van der Waals surface area contributed by atoms with Crippen molar-refractivity contribution in [3.63, 3.8) is 0 Å². The topological polar surface area (TPSA) is 78.9 Å². The van der Waals surface area contributed by atoms with Crippen molar-refractivity contribution in [1.29, 1.82) is 0 Å². The zero-order chi connectivity index (χ0) is 19.0. The SMILES string of the molecule is CCC12C=CCN3CCC4(C(=C(C(=O)OC)C1)NC1=CC(=O)C=CC14O)C32. The van der Waals surface area contributed by atoms with Crippen LogP contribution in [0.5, 0.6) is 0 Å². The fourth-order valence-electron chi connectivity index (χ4n) is 6.32. The van der Waals surface area contributed by atoms with Crippen LogP contribution in [0.4, 0.5) is 0 Å². The summed E-state index contributed by atoms with van der Waals surface area (Å²) in [7, 11) is 1.39. The molecule has 4 atom stereocenters. The maximum absolute atomic E-state index is 12.7. The first-order chi connectivity index (χ1) is 12.9. The molecule has 27 heavy (non-hydrogen) atoms. The summed E-state index contributed by atoms with van der Waals surface area (Å²) in [6.07, 6.45) is 11.1. The lowest BCUT2D eigenvalue weighted by atomic mass is 9.52. The van der Waals surface area contributed by atoms with Gasteiger partial charge in [0, 0.05) is 29.8 Å². The molecule has 0 aromatic rings. The van der Waals surface area contributed by atoms with Crippen molar-refractivity contribution in [3.8, 4) is 0 Å². The van der Waals surface area contributed by atoms with Crippen LogP contribution >= 0.6 is 0 Å². The smallest absolute Gasteiger partial charge is 0.335 e. The summed E-state index contributed by atoms with van der Waals surface area (Å²) in [6.45, 7) is 3.82. The third-order valence-corrected chi connectivity index (χ3v) is 7.43. The molecule has 3 heterocycles. The van der Waals surface area contributed by atoms with E-state index in [1.807, 2.05) is 0 Å². The molecule has 6 nitrogen and oxygen atoms in total. The predicted molar refractivity (Wildman–Crippen MR) is 98.2 cm³/mol. The first-order valence-corrected chi connectivity index (χ1v) is 9.60. The molecule has 3 aliphatic heterocycles. The maximum Gasteiger partial charge on any atom is 0.335 e. The molecule has 0 amide bonds. The van der Waals surface area contributed by atoms with E-state index < -0.39 is 11.0 Å². The van der Waals surface area contributed by atoms with Gasteiger partial charge < -0.3 is 15.2 Å². The van der Waals surface area contributed by atoms with E-state index in [-0.39, 0.29) is 23.2 Å². The van der Waals surface area contributed by atoms with Crippen molar-refractivity contribution in [2.24, 2.45) is 10.8 Å². The van der Waals surface area contributed by atoms with E-state index >= 15 is 0 Å². The Morgan fingerprint density at radius 1 is 1.44 bits per heavy atom. The molecule has 2 aliphatic carbocycles. The van der Waals surface area contributed by atoms with E-state index in [9.17, 15) is 14.7 Å². The highest BCUT2D eigenvalue weighted by Gasteiger charge is 2.73. The summed E-state index contributed by atoms with van der Waals surface area (Å²) in [5, 5.41) is 15.2. The van der Waals surface area contributed by atoms with Gasteiger partial charge >= 0.3 is 5.97 Å². The molecule has 0 aromatic carbocycles. The lowest BCUT2D eigenvalue weighted by Crippen LogP contribution is -2.62. The van der Waals surface area contributed by atoms with E-state index in [1.54, 1.807) is 6.08 Å². The molecule has 1 spiro atoms. The van der Waals surface area contributed by atoms with Gasteiger partial charge in [0.05, 0.1) is 23.8 Å². The first kappa shape index (κ1) is 17.0. The van der Waals surface area contributed by atoms with E-state index in [2.05, 4.69) is 29.3 Å². The number of fused-ring (bicyclic) bond motifs is 1. The van der Waals surface area contributed by atoms with Gasteiger partial charge in [0.2, 0.25) is 0 Å². The normalized spacial score (nSPS) is 41.7. The van der Waals surface area contributed by atoms with Crippen LogP contribution in [-0.2, 0) is 14.3 Å². The van der Waals surface area contributed by atoms with E-state index in [4.69, 9.17) is 4.74 Å². The van der Waals surface area contributed by atoms with Gasteiger partial charge in [-0.2, -0.15) is 0 Å². The Kier molecular flexibility index (Phi) is 3.27. The highest BCUT2D eigenvalue weighted by atomic mass is 16.5. The Hall–Kier alpha value is -2.18. The van der Waals surface area contributed by atoms with E-state index in [0.29, 0.717) is 17.7 Å². The van der Waals surface area contributed by atoms with Crippen molar-refractivity contribution in [1.82, 2.24) is 10.2 Å². The molecule has 2 N–H and O–H groups in total. The van der Waals surface area contributed by atoms with Crippen LogP contribution < -0.4 is 5.32 Å². The fourth-order valence-corrected chi connectivity index (χ4v) is 6.32. The molecule has 0 radical (unpaired) electrons. The third-order valence-electron chi connectivity index (χ3n) is 7.43. The van der Waals surface area contributed by atoms with Crippen LogP contribution in [0.3, 0.4) is 0 Å². The monoisotopic (exact) mass is 368 g/mol. The number of allylic oxidation sites excluding steroid dienone is 2. The number of hydrogen-bond acceptors (Lipinski definition) is 6. The highest BCUT2D eigenvalue weighted by Crippen LogP contribution is 2.67. The van der Waals surface area contributed by atoms with Crippen LogP contribution in [0, 0.1) is 10.8 Å². The lowest BCUT2D eigenvalue weighted by molar-refractivity contribution is -0.137. The van der Waals surface area contributed by atoms with Gasteiger partial charge in [0.1, 0.15) is 5.60 Å². The number of carbonyl (C=O) groups excluding carboxylic acids is 2. The van der Waals surface area contributed by atoms with Crippen LogP contribution in [0.15, 0.2) is 47.3 Å². The number of aliphatic hydroxyl groups is 1. The second kappa shape index (κ2) is 5.20. The second-order valence-electron chi connectivity index (χ2n) is 8.31. The van der Waals surface area contributed by atoms with Gasteiger partial charge in [-0.25, -0.2) is 4.79 Å². The number of rotatable bonds is 2. The molecule has 5 rings (SSSR count). The molecule has 0 aromatic heterocycles. The van der Waals surface area contributed by atoms with Gasteiger partial charge in [-0.15, -0.1) is 0 Å². The van der Waals surface area contributed by atoms with Gasteiger partial charge in [-0.1, -0.05) is 19.1 Å². The van der Waals surface area contributed by atoms with E-state index in [1.165, 1.54) is 19.3 Å². The second-order valence-corrected chi connectivity index (χ2v) is 8.31. The van der Waals surface area contributed by atoms with Gasteiger partial charge in [-0.05, 0) is 38.0 Å². The number of ketones is 1. The highest BCUT2D eigenvalue weighted by molar-refractivity contribution is 6.02. The van der Waals surface area contributed by atoms with Crippen molar-refractivity contribution in [3.05, 3.63) is 47.3 Å². The number of hydrogen-bond donors (Lipinski definition) is 2. The van der Waals surface area contributed by atoms with Crippen LogP contribution in [0.2, 0.25) is 0 Å². The number of esters is 1. The van der Waals surface area contributed by atoms with Gasteiger partial charge in [0.15, 0.2) is 5.78 Å². The summed E-state index contributed by atoms with van der Waals surface area (Å²) in [4.78, 5) is 27.2.